The van der Waals surface area contributed by atoms with E-state index < -0.39 is 6.04 Å². The van der Waals surface area contributed by atoms with Crippen LogP contribution in [0.3, 0.4) is 0 Å². The number of hydrogen-bond donors (Lipinski definition) is 0. The quantitative estimate of drug-likeness (QED) is 0.551. The van der Waals surface area contributed by atoms with E-state index in [1.807, 2.05) is 0 Å². The monoisotopic (exact) mass is 292 g/mol. The predicted molar refractivity (Wildman–Crippen MR) is 60.6 cm³/mol. The zero-order chi connectivity index (χ0) is 8.43. The summed E-state index contributed by atoms with van der Waals surface area (Å²) in [4.78, 5) is 0. The van der Waals surface area contributed by atoms with Crippen molar-refractivity contribution >= 4 is 41.8 Å². The van der Waals surface area contributed by atoms with Crippen LogP contribution in [-0.4, -0.2) is 6.04 Å². The van der Waals surface area contributed by atoms with Gasteiger partial charge < -0.3 is 0 Å². The van der Waals surface area contributed by atoms with E-state index in [0.29, 0.717) is 0 Å². The topological polar surface area (TPSA) is 0 Å². The summed E-state index contributed by atoms with van der Waals surface area (Å²) >= 11 is 7.23. The largest absolute Gasteiger partial charge is 0.216 e. The molecule has 0 aliphatic rings. The Morgan fingerprint density at radius 1 is 1.18 bits per heavy atom. The Hall–Kier alpha value is 0.397. The maximum Gasteiger partial charge on any atom is 0.216 e. The van der Waals surface area contributed by atoms with Gasteiger partial charge in [-0.3, -0.25) is 0 Å². The van der Waals surface area contributed by atoms with Gasteiger partial charge in [-0.2, -0.15) is 0 Å². The molecule has 0 bridgehead atoms. The molecule has 0 heterocycles. The van der Waals surface area contributed by atoms with Crippen LogP contribution in [0.2, 0.25) is 0 Å². The Bertz CT molecular complexity index is 258. The highest BCUT2D eigenvalue weighted by Gasteiger charge is 2.06. The summed E-state index contributed by atoms with van der Waals surface area (Å²) in [5, 5.41) is 1.44. The normalized spacial score (nSPS) is 10.6. The third-order valence-electron chi connectivity index (χ3n) is 1.66. The van der Waals surface area contributed by atoms with E-state index >= 15 is 0 Å². The summed E-state index contributed by atoms with van der Waals surface area (Å²) in [5.74, 6) is 0. The van der Waals surface area contributed by atoms with E-state index in [9.17, 15) is 0 Å². The Labute approximate surface area is 84.8 Å². The highest BCUT2D eigenvalue weighted by molar-refractivity contribution is 9.49. The summed E-state index contributed by atoms with van der Waals surface area (Å²) in [6.45, 7) is 4.28. The van der Waals surface area contributed by atoms with Gasteiger partial charge in [0.2, 0.25) is 6.04 Å². The fourth-order valence-corrected chi connectivity index (χ4v) is 4.82. The van der Waals surface area contributed by atoms with Crippen LogP contribution in [0.15, 0.2) is 18.2 Å². The fourth-order valence-electron chi connectivity index (χ4n) is 1.07. The van der Waals surface area contributed by atoms with Crippen LogP contribution in [-0.2, 0) is 0 Å². The number of benzene rings is 1. The van der Waals surface area contributed by atoms with Crippen LogP contribution < -0.4 is 5.19 Å². The molecule has 0 atom stereocenters. The molecule has 0 N–H and O–H groups in total. The average molecular weight is 294 g/mol. The Kier molecular flexibility index (Phi) is 3.34. The Morgan fingerprint density at radius 2 is 1.82 bits per heavy atom. The van der Waals surface area contributed by atoms with Crippen molar-refractivity contribution in [3.05, 3.63) is 29.3 Å². The second kappa shape index (κ2) is 3.87. The summed E-state index contributed by atoms with van der Waals surface area (Å²) in [6.07, 6.45) is 0. The van der Waals surface area contributed by atoms with E-state index in [0.717, 1.165) is 0 Å². The van der Waals surface area contributed by atoms with Crippen LogP contribution in [0.4, 0.5) is 0 Å². The van der Waals surface area contributed by atoms with E-state index in [-0.39, 0.29) is 0 Å². The molecule has 0 radical (unpaired) electrons. The van der Waals surface area contributed by atoms with Crippen molar-refractivity contribution in [2.75, 3.05) is 0 Å². The predicted octanol–water partition coefficient (Wildman–Crippen LogP) is 2.52. The first-order chi connectivity index (χ1) is 5.11. The lowest BCUT2D eigenvalue weighted by molar-refractivity contribution is 1.41. The van der Waals surface area contributed by atoms with Gasteiger partial charge in [-0.25, -0.2) is 0 Å². The minimum atomic E-state index is -0.964. The van der Waals surface area contributed by atoms with Crippen LogP contribution in [0.25, 0.3) is 0 Å². The van der Waals surface area contributed by atoms with Crippen molar-refractivity contribution in [2.24, 2.45) is 0 Å². The summed E-state index contributed by atoms with van der Waals surface area (Å²) in [6, 6.07) is 5.61. The van der Waals surface area contributed by atoms with Gasteiger partial charge in [-0.15, -0.1) is 30.6 Å². The summed E-state index contributed by atoms with van der Waals surface area (Å²) < 4.78 is 0. The molecule has 60 valence electrons. The van der Waals surface area contributed by atoms with Crippen molar-refractivity contribution in [3.8, 4) is 0 Å². The molecule has 0 spiro atoms. The zero-order valence-electron chi connectivity index (χ0n) is 6.57. The van der Waals surface area contributed by atoms with Crippen LogP contribution in [0.5, 0.6) is 0 Å². The molecule has 0 fully saturated rings. The van der Waals surface area contributed by atoms with E-state index in [2.05, 4.69) is 62.6 Å². The molecule has 1 aromatic rings. The highest BCUT2D eigenvalue weighted by atomic mass is 79.9. The molecule has 1 rings (SSSR count). The fraction of sp³-hybridized carbons (Fsp3) is 0.250. The minimum absolute atomic E-state index is 0.964. The maximum absolute atomic E-state index is 3.61. The SMILES string of the molecule is Cc1ccc([SiH](Br)Br)c(C)c1. The molecule has 0 saturated carbocycles. The molecule has 0 amide bonds. The molecule has 1 aromatic carbocycles. The number of halogens is 2. The first-order valence-corrected chi connectivity index (χ1v) is 10.4. The van der Waals surface area contributed by atoms with Gasteiger partial charge in [0.05, 0.1) is 0 Å². The molecule has 0 unspecified atom stereocenters. The number of rotatable bonds is 1. The first kappa shape index (κ1) is 9.48. The lowest BCUT2D eigenvalue weighted by Gasteiger charge is -2.05. The van der Waals surface area contributed by atoms with Crippen molar-refractivity contribution < 1.29 is 0 Å². The maximum atomic E-state index is 3.61. The molecule has 0 aromatic heterocycles. The van der Waals surface area contributed by atoms with Gasteiger partial charge in [-0.1, -0.05) is 29.3 Å². The number of hydrogen-bond acceptors (Lipinski definition) is 0. The van der Waals surface area contributed by atoms with Crippen molar-refractivity contribution in [1.82, 2.24) is 0 Å². The molecule has 0 aliphatic heterocycles. The zero-order valence-corrected chi connectivity index (χ0v) is 10.9. The lowest BCUT2D eigenvalue weighted by Crippen LogP contribution is -2.20. The molecule has 0 aliphatic carbocycles. The van der Waals surface area contributed by atoms with E-state index in [4.69, 9.17) is 0 Å². The lowest BCUT2D eigenvalue weighted by atomic mass is 10.2. The van der Waals surface area contributed by atoms with Gasteiger partial charge in [0.1, 0.15) is 0 Å². The van der Waals surface area contributed by atoms with Crippen LogP contribution in [0.1, 0.15) is 11.1 Å². The minimum Gasteiger partial charge on any atom is -0.109 e. The Morgan fingerprint density at radius 3 is 2.27 bits per heavy atom. The molecule has 0 nitrogen and oxygen atoms in total. The third-order valence-corrected chi connectivity index (χ3v) is 5.74. The van der Waals surface area contributed by atoms with Crippen molar-refractivity contribution in [3.63, 3.8) is 0 Å². The van der Waals surface area contributed by atoms with Crippen LogP contribution in [0, 0.1) is 13.8 Å². The van der Waals surface area contributed by atoms with Crippen molar-refractivity contribution in [1.29, 1.82) is 0 Å². The van der Waals surface area contributed by atoms with Gasteiger partial charge in [-0.05, 0) is 19.0 Å². The summed E-state index contributed by atoms with van der Waals surface area (Å²) in [7, 11) is 0. The van der Waals surface area contributed by atoms with Gasteiger partial charge in [0.15, 0.2) is 0 Å². The highest BCUT2D eigenvalue weighted by Crippen LogP contribution is 2.08. The van der Waals surface area contributed by atoms with Crippen LogP contribution >= 0.6 is 30.6 Å². The third kappa shape index (κ3) is 2.42. The van der Waals surface area contributed by atoms with E-state index in [1.54, 1.807) is 0 Å². The van der Waals surface area contributed by atoms with Gasteiger partial charge in [0, 0.05) is 0 Å². The molecule has 3 heteroatoms. The number of aryl methyl sites for hydroxylation is 2. The second-order valence-electron chi connectivity index (χ2n) is 2.66. The van der Waals surface area contributed by atoms with Gasteiger partial charge >= 0.3 is 0 Å². The molecular weight excluding hydrogens is 284 g/mol. The second-order valence-corrected chi connectivity index (χ2v) is 13.1. The average Bonchev–Trinajstić information content (AvgIpc) is 1.85. The molecular formula is C8H10Br2Si. The molecule has 0 saturated heterocycles. The summed E-state index contributed by atoms with van der Waals surface area (Å²) in [5.41, 5.74) is 2.72. The first-order valence-electron chi connectivity index (χ1n) is 3.46. The standard InChI is InChI=1S/C8H10Br2Si/c1-6-3-4-8(11(9)10)7(2)5-6/h3-5,11H,1-2H3. The Balaban J connectivity index is 3.09. The van der Waals surface area contributed by atoms with Crippen molar-refractivity contribution in [2.45, 2.75) is 13.8 Å². The molecule has 11 heavy (non-hydrogen) atoms. The smallest absolute Gasteiger partial charge is 0.109 e. The van der Waals surface area contributed by atoms with E-state index in [1.165, 1.54) is 16.3 Å². The van der Waals surface area contributed by atoms with Gasteiger partial charge in [0.25, 0.3) is 0 Å².